The number of carbonyl (C=O) groups excluding carboxylic acids is 1. The number of nitrogens with one attached hydrogen (secondary N) is 1. The van der Waals surface area contributed by atoms with E-state index < -0.39 is 7.05 Å². The monoisotopic (exact) mass is 475 g/mol. The van der Waals surface area contributed by atoms with E-state index >= 15 is 0 Å². The summed E-state index contributed by atoms with van der Waals surface area (Å²) in [5.74, 6) is 1.29. The van der Waals surface area contributed by atoms with Gasteiger partial charge in [-0.15, -0.1) is 0 Å². The molecule has 3 aromatic carbocycles. The summed E-state index contributed by atoms with van der Waals surface area (Å²) in [5, 5.41) is 12.6. The average Bonchev–Trinajstić information content (AvgIpc) is 2.82. The smallest absolute Gasteiger partial charge is 0.412 e. The molecule has 0 heterocycles. The lowest BCUT2D eigenvalue weighted by atomic mass is 9.75. The number of benzene rings is 3. The molecule has 0 amide bonds. The third-order valence-corrected chi connectivity index (χ3v) is 5.76. The van der Waals surface area contributed by atoms with Gasteiger partial charge in [-0.25, -0.2) is 0 Å². The Bertz CT molecular complexity index is 1110. The van der Waals surface area contributed by atoms with E-state index in [4.69, 9.17) is 14.2 Å². The van der Waals surface area contributed by atoms with Crippen LogP contribution in [0.2, 0.25) is 0 Å². The van der Waals surface area contributed by atoms with Crippen LogP contribution in [0.15, 0.2) is 60.7 Å². The quantitative estimate of drug-likeness (QED) is 0.320. The number of esters is 1. The summed E-state index contributed by atoms with van der Waals surface area (Å²) >= 11 is 0. The molecule has 0 aromatic heterocycles. The molecule has 0 aliphatic carbocycles. The summed E-state index contributed by atoms with van der Waals surface area (Å²) < 4.78 is 17.0. The lowest BCUT2D eigenvalue weighted by molar-refractivity contribution is -0.145. The van der Waals surface area contributed by atoms with Crippen molar-refractivity contribution in [1.82, 2.24) is 5.23 Å². The second-order valence-electron chi connectivity index (χ2n) is 8.74. The normalized spacial score (nSPS) is 11.6. The van der Waals surface area contributed by atoms with Crippen LogP contribution in [0.5, 0.6) is 11.5 Å². The molecule has 184 valence electrons. The van der Waals surface area contributed by atoms with Crippen molar-refractivity contribution in [3.63, 3.8) is 0 Å². The van der Waals surface area contributed by atoms with Crippen LogP contribution in [-0.2, 0) is 16.1 Å². The second kappa shape index (κ2) is 12.4. The molecule has 0 fully saturated rings. The highest BCUT2D eigenvalue weighted by Crippen LogP contribution is 2.32. The minimum Gasteiger partial charge on any atom is -0.493 e. The van der Waals surface area contributed by atoms with Crippen LogP contribution in [0.25, 0.3) is 11.1 Å². The average molecular weight is 475 g/mol. The fourth-order valence-electron chi connectivity index (χ4n) is 4.04. The Kier molecular flexibility index (Phi) is 9.35. The summed E-state index contributed by atoms with van der Waals surface area (Å²) in [7, 11) is 1.02. The molecular formula is C28H34BNO5. The molecule has 0 unspecified atom stereocenters. The van der Waals surface area contributed by atoms with Gasteiger partial charge in [0, 0.05) is 13.3 Å². The van der Waals surface area contributed by atoms with E-state index in [1.807, 2.05) is 49.4 Å². The molecule has 2 N–H and O–H groups in total. The fraction of sp³-hybridized carbons (Fsp3) is 0.321. The van der Waals surface area contributed by atoms with Crippen molar-refractivity contribution in [2.24, 2.45) is 0 Å². The van der Waals surface area contributed by atoms with E-state index in [1.165, 1.54) is 12.5 Å². The molecule has 7 heteroatoms. The zero-order valence-electron chi connectivity index (χ0n) is 21.1. The molecule has 3 aromatic rings. The molecule has 0 aliphatic rings. The van der Waals surface area contributed by atoms with Gasteiger partial charge in [0.2, 0.25) is 0 Å². The van der Waals surface area contributed by atoms with Crippen LogP contribution in [0, 0.1) is 13.8 Å². The van der Waals surface area contributed by atoms with E-state index in [9.17, 15) is 9.82 Å². The van der Waals surface area contributed by atoms with E-state index in [2.05, 4.69) is 37.3 Å². The lowest BCUT2D eigenvalue weighted by Crippen LogP contribution is -2.42. The number of aryl methyl sites for hydroxylation is 2. The Morgan fingerprint density at radius 3 is 2.31 bits per heavy atom. The first kappa shape index (κ1) is 26.3. The van der Waals surface area contributed by atoms with Gasteiger partial charge in [-0.2, -0.15) is 0 Å². The van der Waals surface area contributed by atoms with Gasteiger partial charge in [0.1, 0.15) is 24.2 Å². The predicted molar refractivity (Wildman–Crippen MR) is 140 cm³/mol. The van der Waals surface area contributed by atoms with Gasteiger partial charge in [-0.1, -0.05) is 30.3 Å². The number of hydrogen-bond donors (Lipinski definition) is 2. The maximum absolute atomic E-state index is 11.0. The maximum Gasteiger partial charge on any atom is 0.412 e. The highest BCUT2D eigenvalue weighted by Gasteiger charge is 2.12. The predicted octanol–water partition coefficient (Wildman–Crippen LogP) is 4.18. The lowest BCUT2D eigenvalue weighted by Gasteiger charge is -2.16. The molecule has 6 nitrogen and oxygen atoms in total. The molecule has 3 rings (SSSR count). The van der Waals surface area contributed by atoms with Crippen molar-refractivity contribution in [3.05, 3.63) is 77.4 Å². The first-order chi connectivity index (χ1) is 16.8. The van der Waals surface area contributed by atoms with Crippen molar-refractivity contribution in [2.75, 3.05) is 13.7 Å². The van der Waals surface area contributed by atoms with Crippen molar-refractivity contribution < 1.29 is 24.0 Å². The van der Waals surface area contributed by atoms with Gasteiger partial charge in [0.25, 0.3) is 0 Å². The van der Waals surface area contributed by atoms with Gasteiger partial charge in [-0.3, -0.25) is 4.79 Å². The van der Waals surface area contributed by atoms with E-state index in [0.717, 1.165) is 39.2 Å². The van der Waals surface area contributed by atoms with Gasteiger partial charge in [-0.05, 0) is 91.4 Å². The Morgan fingerprint density at radius 2 is 1.69 bits per heavy atom. The first-order valence-electron chi connectivity index (χ1n) is 11.9. The molecule has 0 saturated heterocycles. The molecule has 0 radical (unpaired) electrons. The number of hydrogen-bond acceptors (Lipinski definition) is 6. The molecular weight excluding hydrogens is 441 g/mol. The highest BCUT2D eigenvalue weighted by atomic mass is 16.5. The number of ether oxygens (including phenoxy) is 3. The van der Waals surface area contributed by atoms with E-state index in [1.54, 1.807) is 7.05 Å². The molecule has 35 heavy (non-hydrogen) atoms. The van der Waals surface area contributed by atoms with Crippen LogP contribution in [0.4, 0.5) is 0 Å². The molecule has 0 aliphatic heterocycles. The molecule has 0 saturated carbocycles. The molecule has 0 spiro atoms. The van der Waals surface area contributed by atoms with Crippen LogP contribution >= 0.6 is 0 Å². The van der Waals surface area contributed by atoms with E-state index in [-0.39, 0.29) is 12.1 Å². The highest BCUT2D eigenvalue weighted by molar-refractivity contribution is 6.63. The zero-order chi connectivity index (χ0) is 25.4. The van der Waals surface area contributed by atoms with Crippen molar-refractivity contribution in [1.29, 1.82) is 0 Å². The van der Waals surface area contributed by atoms with Gasteiger partial charge in [0.05, 0.1) is 6.61 Å². The summed E-state index contributed by atoms with van der Waals surface area (Å²) in [4.78, 5) is 11.0. The number of carbonyl (C=O) groups is 1. The third kappa shape index (κ3) is 7.60. The van der Waals surface area contributed by atoms with Crippen molar-refractivity contribution in [2.45, 2.75) is 46.8 Å². The second-order valence-corrected chi connectivity index (χ2v) is 8.74. The summed E-state index contributed by atoms with van der Waals surface area (Å²) in [6.07, 6.45) is 0.470. The minimum atomic E-state index is -0.687. The summed E-state index contributed by atoms with van der Waals surface area (Å²) in [6, 6.07) is 19.9. The zero-order valence-corrected chi connectivity index (χ0v) is 21.1. The Labute approximate surface area is 208 Å². The topological polar surface area (TPSA) is 77.0 Å². The van der Waals surface area contributed by atoms with E-state index in [0.29, 0.717) is 19.6 Å². The Morgan fingerprint density at radius 1 is 1.00 bits per heavy atom. The minimum absolute atomic E-state index is 0.170. The van der Waals surface area contributed by atoms with Gasteiger partial charge < -0.3 is 24.5 Å². The summed E-state index contributed by atoms with van der Waals surface area (Å²) in [5.41, 5.74) is 6.43. The largest absolute Gasteiger partial charge is 0.493 e. The molecule has 0 bridgehead atoms. The van der Waals surface area contributed by atoms with Gasteiger partial charge in [0.15, 0.2) is 0 Å². The van der Waals surface area contributed by atoms with Crippen molar-refractivity contribution in [3.8, 4) is 22.6 Å². The number of rotatable bonds is 11. The maximum atomic E-state index is 11.0. The first-order valence-corrected chi connectivity index (χ1v) is 11.9. The van der Waals surface area contributed by atoms with Crippen LogP contribution in [0.3, 0.4) is 0 Å². The Balaban J connectivity index is 1.65. The van der Waals surface area contributed by atoms with Crippen LogP contribution in [-0.4, -0.2) is 37.8 Å². The van der Waals surface area contributed by atoms with Crippen molar-refractivity contribution >= 4 is 18.5 Å². The standard InChI is InChI=1S/C28H34BNO5/c1-19-15-27(33-14-13-21(3)35-22(4)31)16-20(2)28(19)24-8-6-7-23(17-24)18-34-26-11-9-25(10-12-26)29(32)30-5/h6-12,15-17,21,30,32H,13-14,18H2,1-5H3/t21-/m1/s1. The van der Waals surface area contributed by atoms with Gasteiger partial charge >= 0.3 is 13.0 Å². The fourth-order valence-corrected chi connectivity index (χ4v) is 4.04. The van der Waals surface area contributed by atoms with Crippen LogP contribution in [0.1, 0.15) is 37.0 Å². The summed E-state index contributed by atoms with van der Waals surface area (Å²) in [6.45, 7) is 8.38. The van der Waals surface area contributed by atoms with Crippen LogP contribution < -0.4 is 20.2 Å². The Hall–Kier alpha value is -3.29. The third-order valence-electron chi connectivity index (χ3n) is 5.76. The SMILES string of the molecule is CNB(O)c1ccc(OCc2cccc(-c3c(C)cc(OCC[C@@H](C)OC(C)=O)cc3C)c2)cc1. The molecule has 1 atom stereocenters.